The van der Waals surface area contributed by atoms with Gasteiger partial charge in [0.1, 0.15) is 35.5 Å². The predicted octanol–water partition coefficient (Wildman–Crippen LogP) is 7.77. The molecule has 0 saturated carbocycles. The summed E-state index contributed by atoms with van der Waals surface area (Å²) in [6, 6.07) is 26.6. The van der Waals surface area contributed by atoms with Crippen molar-refractivity contribution in [3.05, 3.63) is 133 Å². The zero-order valence-electron chi connectivity index (χ0n) is 20.2. The number of nitrogens with zero attached hydrogens (tertiary/aromatic N) is 1. The summed E-state index contributed by atoms with van der Waals surface area (Å²) in [6.07, 6.45) is 0. The van der Waals surface area contributed by atoms with Crippen LogP contribution in [-0.2, 0) is 6.61 Å². The van der Waals surface area contributed by atoms with E-state index in [1.165, 1.54) is 0 Å². The number of hydrogen-bond acceptors (Lipinski definition) is 6. The van der Waals surface area contributed by atoms with Crippen LogP contribution in [0.1, 0.15) is 33.0 Å². The molecule has 9 heteroatoms. The number of benzene rings is 4. The molecule has 0 bridgehead atoms. The van der Waals surface area contributed by atoms with E-state index in [9.17, 15) is 10.1 Å². The lowest BCUT2D eigenvalue weighted by Crippen LogP contribution is -2.21. The maximum absolute atomic E-state index is 12.6. The Bertz CT molecular complexity index is 1650. The molecule has 1 atom stereocenters. The first-order valence-electron chi connectivity index (χ1n) is 11.7. The molecular weight excluding hydrogens is 603 g/mol. The highest BCUT2D eigenvalue weighted by atomic mass is 79.9. The van der Waals surface area contributed by atoms with Crippen LogP contribution in [-0.4, -0.2) is 5.97 Å². The van der Waals surface area contributed by atoms with E-state index < -0.39 is 11.9 Å². The van der Waals surface area contributed by atoms with Crippen LogP contribution in [0.15, 0.2) is 101 Å². The Balaban J connectivity index is 1.41. The van der Waals surface area contributed by atoms with Crippen LogP contribution >= 0.6 is 39.1 Å². The lowest BCUT2D eigenvalue weighted by Gasteiger charge is -2.27. The molecular formula is C30H19BrCl2N2O4. The summed E-state index contributed by atoms with van der Waals surface area (Å²) in [4.78, 5) is 12.6. The largest absolute Gasteiger partial charge is 0.489 e. The predicted molar refractivity (Wildman–Crippen MR) is 152 cm³/mol. The highest BCUT2D eigenvalue weighted by Crippen LogP contribution is 2.44. The zero-order chi connectivity index (χ0) is 27.5. The number of carbonyl (C=O) groups is 1. The van der Waals surface area contributed by atoms with Crippen molar-refractivity contribution in [2.45, 2.75) is 12.5 Å². The van der Waals surface area contributed by atoms with Gasteiger partial charge in [0.15, 0.2) is 0 Å². The molecule has 6 nitrogen and oxygen atoms in total. The molecule has 0 saturated heterocycles. The number of nitrogens with two attached hydrogens (primary N) is 1. The highest BCUT2D eigenvalue weighted by molar-refractivity contribution is 9.10. The third-order valence-corrected chi connectivity index (χ3v) is 7.20. The number of hydrogen-bond donors (Lipinski definition) is 1. The van der Waals surface area contributed by atoms with Gasteiger partial charge in [0, 0.05) is 31.7 Å². The van der Waals surface area contributed by atoms with Gasteiger partial charge in [-0.2, -0.15) is 5.26 Å². The van der Waals surface area contributed by atoms with Crippen molar-refractivity contribution < 1.29 is 19.0 Å². The second-order valence-electron chi connectivity index (χ2n) is 8.62. The Kier molecular flexibility index (Phi) is 7.80. The van der Waals surface area contributed by atoms with Gasteiger partial charge in [-0.15, -0.1) is 0 Å². The second-order valence-corrected chi connectivity index (χ2v) is 10.4. The number of ether oxygens (including phenoxy) is 3. The van der Waals surface area contributed by atoms with Crippen LogP contribution in [0.3, 0.4) is 0 Å². The van der Waals surface area contributed by atoms with Crippen LogP contribution in [0.5, 0.6) is 17.2 Å². The van der Waals surface area contributed by atoms with Crippen molar-refractivity contribution in [3.8, 4) is 23.3 Å². The molecule has 1 aliphatic rings. The Morgan fingerprint density at radius 3 is 2.54 bits per heavy atom. The topological polar surface area (TPSA) is 94.6 Å². The van der Waals surface area contributed by atoms with Gasteiger partial charge in [0.05, 0.1) is 11.5 Å². The second kappa shape index (κ2) is 11.4. The van der Waals surface area contributed by atoms with Gasteiger partial charge in [-0.1, -0.05) is 63.4 Å². The summed E-state index contributed by atoms with van der Waals surface area (Å²) >= 11 is 15.6. The molecule has 0 amide bonds. The van der Waals surface area contributed by atoms with Crippen LogP contribution < -0.4 is 19.9 Å². The summed E-state index contributed by atoms with van der Waals surface area (Å²) in [6.45, 7) is 0.236. The van der Waals surface area contributed by atoms with Crippen molar-refractivity contribution in [3.63, 3.8) is 0 Å². The van der Waals surface area contributed by atoms with Crippen molar-refractivity contribution in [1.29, 1.82) is 5.26 Å². The quantitative estimate of drug-likeness (QED) is 0.175. The molecule has 194 valence electrons. The monoisotopic (exact) mass is 620 g/mol. The van der Waals surface area contributed by atoms with Gasteiger partial charge >= 0.3 is 5.97 Å². The van der Waals surface area contributed by atoms with E-state index in [1.807, 2.05) is 30.3 Å². The summed E-state index contributed by atoms with van der Waals surface area (Å²) in [5.74, 6) is 0.204. The van der Waals surface area contributed by atoms with Crippen molar-refractivity contribution >= 4 is 45.1 Å². The third-order valence-electron chi connectivity index (χ3n) is 6.08. The zero-order valence-corrected chi connectivity index (χ0v) is 23.3. The highest BCUT2D eigenvalue weighted by Gasteiger charge is 2.31. The van der Waals surface area contributed by atoms with Gasteiger partial charge in [0.25, 0.3) is 0 Å². The van der Waals surface area contributed by atoms with Crippen LogP contribution in [0, 0.1) is 11.3 Å². The summed E-state index contributed by atoms with van der Waals surface area (Å²) in [5, 5.41) is 11.0. The van der Waals surface area contributed by atoms with E-state index in [0.29, 0.717) is 32.7 Å². The number of allylic oxidation sites excluding steroid dienone is 1. The average molecular weight is 622 g/mol. The van der Waals surface area contributed by atoms with Gasteiger partial charge in [-0.05, 0) is 60.2 Å². The first-order chi connectivity index (χ1) is 18.8. The van der Waals surface area contributed by atoms with E-state index >= 15 is 0 Å². The van der Waals surface area contributed by atoms with Gasteiger partial charge < -0.3 is 19.9 Å². The smallest absolute Gasteiger partial charge is 0.343 e. The van der Waals surface area contributed by atoms with E-state index in [0.717, 1.165) is 15.6 Å². The summed E-state index contributed by atoms with van der Waals surface area (Å²) < 4.78 is 18.2. The van der Waals surface area contributed by atoms with E-state index in [1.54, 1.807) is 54.6 Å². The number of rotatable bonds is 6. The molecule has 1 unspecified atom stereocenters. The van der Waals surface area contributed by atoms with Gasteiger partial charge in [-0.3, -0.25) is 0 Å². The maximum atomic E-state index is 12.6. The fourth-order valence-corrected chi connectivity index (χ4v) is 4.91. The van der Waals surface area contributed by atoms with Crippen molar-refractivity contribution in [2.24, 2.45) is 5.73 Å². The van der Waals surface area contributed by atoms with Gasteiger partial charge in [0.2, 0.25) is 5.88 Å². The number of nitriles is 1. The minimum Gasteiger partial charge on any atom is -0.489 e. The molecule has 1 heterocycles. The SMILES string of the molecule is N#CC1=C(N)Oc2cc(OC(=O)c3ccc(Br)cc3)ccc2C1c1cccc(OCc2ccc(Cl)cc2Cl)c1. The molecule has 4 aromatic rings. The molecule has 4 aromatic carbocycles. The van der Waals surface area contributed by atoms with Crippen LogP contribution in [0.4, 0.5) is 0 Å². The molecule has 1 aliphatic heterocycles. The fourth-order valence-electron chi connectivity index (χ4n) is 4.18. The molecule has 0 fully saturated rings. The Hall–Kier alpha value is -3.96. The lowest BCUT2D eigenvalue weighted by atomic mass is 9.83. The molecule has 0 aromatic heterocycles. The normalized spacial score (nSPS) is 14.2. The molecule has 0 aliphatic carbocycles. The third kappa shape index (κ3) is 5.89. The fraction of sp³-hybridized carbons (Fsp3) is 0.0667. The molecule has 5 rings (SSSR count). The minimum atomic E-state index is -0.516. The minimum absolute atomic E-state index is 0.0225. The van der Waals surface area contributed by atoms with Crippen molar-refractivity contribution in [2.75, 3.05) is 0 Å². The number of esters is 1. The first-order valence-corrected chi connectivity index (χ1v) is 13.2. The van der Waals surface area contributed by atoms with E-state index in [2.05, 4.69) is 22.0 Å². The Morgan fingerprint density at radius 1 is 1.00 bits per heavy atom. The summed E-state index contributed by atoms with van der Waals surface area (Å²) in [5.41, 5.74) is 9.08. The lowest BCUT2D eigenvalue weighted by molar-refractivity contribution is 0.0734. The van der Waals surface area contributed by atoms with Crippen LogP contribution in [0.25, 0.3) is 0 Å². The first kappa shape index (κ1) is 26.6. The van der Waals surface area contributed by atoms with E-state index in [-0.39, 0.29) is 23.8 Å². The van der Waals surface area contributed by atoms with Gasteiger partial charge in [-0.25, -0.2) is 4.79 Å². The molecule has 0 spiro atoms. The molecule has 0 radical (unpaired) electrons. The molecule has 2 N–H and O–H groups in total. The summed E-state index contributed by atoms with van der Waals surface area (Å²) in [7, 11) is 0. The standard InChI is InChI=1S/C30H19BrCl2N2O4/c31-20-7-4-17(5-8-20)30(36)38-23-10-11-24-27(14-23)39-29(35)25(15-34)28(24)18-2-1-3-22(12-18)37-16-19-6-9-21(32)13-26(19)33/h1-14,28H,16,35H2. The Morgan fingerprint density at radius 2 is 1.79 bits per heavy atom. The number of fused-ring (bicyclic) bond motifs is 1. The number of carbonyl (C=O) groups excluding carboxylic acids is 1. The van der Waals surface area contributed by atoms with E-state index in [4.69, 9.17) is 43.1 Å². The Labute approximate surface area is 243 Å². The van der Waals surface area contributed by atoms with Crippen LogP contribution in [0.2, 0.25) is 10.0 Å². The number of halogens is 3. The maximum Gasteiger partial charge on any atom is 0.343 e. The average Bonchev–Trinajstić information content (AvgIpc) is 2.92. The van der Waals surface area contributed by atoms with Crippen molar-refractivity contribution in [1.82, 2.24) is 0 Å². The molecule has 39 heavy (non-hydrogen) atoms.